The van der Waals surface area contributed by atoms with Crippen molar-refractivity contribution in [2.75, 3.05) is 26.9 Å². The van der Waals surface area contributed by atoms with Gasteiger partial charge in [0.1, 0.15) is 12.4 Å². The number of nitrogens with zero attached hydrogens (tertiary/aromatic N) is 1. The summed E-state index contributed by atoms with van der Waals surface area (Å²) in [4.78, 5) is 2.14. The monoisotopic (exact) mass is 359 g/mol. The van der Waals surface area contributed by atoms with Gasteiger partial charge < -0.3 is 14.4 Å². The summed E-state index contributed by atoms with van der Waals surface area (Å²) < 4.78 is 10.5. The first-order valence-corrected chi connectivity index (χ1v) is 6.75. The molecule has 1 aromatic carbocycles. The third-order valence-corrected chi connectivity index (χ3v) is 3.11. The number of hydrogen-bond acceptors (Lipinski definition) is 3. The minimum Gasteiger partial charge on any atom is -0.491 e. The number of rotatable bonds is 6. The normalized spacial score (nSPS) is 13.7. The van der Waals surface area contributed by atoms with E-state index in [1.807, 2.05) is 36.4 Å². The van der Waals surface area contributed by atoms with Crippen molar-refractivity contribution in [2.24, 2.45) is 0 Å². The molecule has 0 aliphatic carbocycles. The van der Waals surface area contributed by atoms with Crippen LogP contribution < -0.4 is 4.74 Å². The van der Waals surface area contributed by atoms with E-state index in [-0.39, 0.29) is 32.7 Å². The van der Waals surface area contributed by atoms with Crippen LogP contribution in [0.1, 0.15) is 12.5 Å². The summed E-state index contributed by atoms with van der Waals surface area (Å²) in [6, 6.07) is 8.02. The van der Waals surface area contributed by atoms with Crippen LogP contribution in [-0.4, -0.2) is 31.8 Å². The van der Waals surface area contributed by atoms with Gasteiger partial charge in [0.25, 0.3) is 0 Å². The van der Waals surface area contributed by atoms with Crippen molar-refractivity contribution in [2.45, 2.75) is 6.92 Å². The first-order valence-electron chi connectivity index (χ1n) is 6.75. The number of hydrogen-bond donors (Lipinski definition) is 0. The van der Waals surface area contributed by atoms with Gasteiger partial charge in [-0.25, -0.2) is 0 Å². The molecule has 2 rings (SSSR count). The molecule has 1 radical (unpaired) electrons. The molecule has 21 heavy (non-hydrogen) atoms. The van der Waals surface area contributed by atoms with Crippen LogP contribution in [-0.2, 0) is 37.4 Å². The zero-order valence-electron chi connectivity index (χ0n) is 12.6. The van der Waals surface area contributed by atoms with E-state index in [1.54, 1.807) is 7.11 Å². The molecule has 0 saturated heterocycles. The molecule has 1 aliphatic rings. The van der Waals surface area contributed by atoms with E-state index in [9.17, 15) is 0 Å². The molecule has 1 aromatic rings. The Morgan fingerprint density at radius 1 is 1.19 bits per heavy atom. The molecule has 109 valence electrons. The molecule has 0 unspecified atom stereocenters. The van der Waals surface area contributed by atoms with Gasteiger partial charge in [-0.2, -0.15) is 12.2 Å². The van der Waals surface area contributed by atoms with Crippen LogP contribution in [0.4, 0.5) is 0 Å². The van der Waals surface area contributed by atoms with E-state index in [4.69, 9.17) is 9.47 Å². The predicted octanol–water partition coefficient (Wildman–Crippen LogP) is 3.26. The Morgan fingerprint density at radius 3 is 2.52 bits per heavy atom. The Labute approximate surface area is 152 Å². The second-order valence-corrected chi connectivity index (χ2v) is 4.43. The third-order valence-electron chi connectivity index (χ3n) is 3.11. The summed E-state index contributed by atoms with van der Waals surface area (Å²) in [5, 5.41) is 0. The molecular formula is C17H20NO2Y-. The van der Waals surface area contributed by atoms with Crippen LogP contribution in [0.5, 0.6) is 5.75 Å². The summed E-state index contributed by atoms with van der Waals surface area (Å²) in [6.45, 7) is 8.18. The van der Waals surface area contributed by atoms with Crippen LogP contribution in [0.2, 0.25) is 0 Å². The third kappa shape index (κ3) is 4.81. The quantitative estimate of drug-likeness (QED) is 0.575. The van der Waals surface area contributed by atoms with Crippen molar-refractivity contribution < 1.29 is 42.2 Å². The van der Waals surface area contributed by atoms with Gasteiger partial charge >= 0.3 is 0 Å². The minimum atomic E-state index is 0. The molecular weight excluding hydrogens is 339 g/mol. The maximum Gasteiger partial charge on any atom is 0.117 e. The average Bonchev–Trinajstić information content (AvgIpc) is 2.48. The van der Waals surface area contributed by atoms with Gasteiger partial charge in [0.05, 0.1) is 6.61 Å². The second kappa shape index (κ2) is 9.19. The fourth-order valence-electron chi connectivity index (χ4n) is 2.08. The number of allylic oxidation sites excluding steroid dienone is 3. The molecule has 0 aromatic heterocycles. The standard InChI is InChI=1S/C17H20NO2.Y/c1-4-18-14(2)6-5-7-17(18)15-8-10-16(11-9-15)20-13-12-19-3;/h5-6,8-11H,2,4,12-13H2,1,3H3;/q-1;. The zero-order chi connectivity index (χ0) is 14.4. The molecule has 0 atom stereocenters. The van der Waals surface area contributed by atoms with Gasteiger partial charge in [-0.3, -0.25) is 0 Å². The number of benzene rings is 1. The van der Waals surface area contributed by atoms with Gasteiger partial charge in [0, 0.05) is 46.4 Å². The largest absolute Gasteiger partial charge is 0.491 e. The Hall–Kier alpha value is -0.896. The zero-order valence-corrected chi connectivity index (χ0v) is 15.5. The fraction of sp³-hybridized carbons (Fsp3) is 0.294. The van der Waals surface area contributed by atoms with Crippen LogP contribution in [0, 0.1) is 6.08 Å². The Kier molecular flexibility index (Phi) is 7.94. The van der Waals surface area contributed by atoms with Crippen molar-refractivity contribution in [1.82, 2.24) is 4.90 Å². The molecule has 3 nitrogen and oxygen atoms in total. The van der Waals surface area contributed by atoms with Crippen molar-refractivity contribution in [3.63, 3.8) is 0 Å². The fourth-order valence-corrected chi connectivity index (χ4v) is 2.08. The molecule has 0 spiro atoms. The van der Waals surface area contributed by atoms with Crippen molar-refractivity contribution in [3.05, 3.63) is 60.3 Å². The van der Waals surface area contributed by atoms with Crippen LogP contribution in [0.25, 0.3) is 5.70 Å². The van der Waals surface area contributed by atoms with E-state index in [2.05, 4.69) is 24.5 Å². The predicted molar refractivity (Wildman–Crippen MR) is 81.1 cm³/mol. The van der Waals surface area contributed by atoms with Gasteiger partial charge in [0.15, 0.2) is 0 Å². The number of ether oxygens (including phenoxy) is 2. The van der Waals surface area contributed by atoms with Crippen LogP contribution in [0.15, 0.2) is 48.7 Å². The summed E-state index contributed by atoms with van der Waals surface area (Å²) in [5.41, 5.74) is 3.14. The number of methoxy groups -OCH3 is 1. The minimum absolute atomic E-state index is 0. The topological polar surface area (TPSA) is 21.7 Å². The summed E-state index contributed by atoms with van der Waals surface area (Å²) in [7, 11) is 1.66. The first-order chi connectivity index (χ1) is 9.76. The summed E-state index contributed by atoms with van der Waals surface area (Å²) >= 11 is 0. The van der Waals surface area contributed by atoms with E-state index in [0.717, 1.165) is 29.3 Å². The van der Waals surface area contributed by atoms with E-state index in [0.29, 0.717) is 13.2 Å². The van der Waals surface area contributed by atoms with E-state index in [1.165, 1.54) is 0 Å². The van der Waals surface area contributed by atoms with Gasteiger partial charge in [-0.1, -0.05) is 17.8 Å². The van der Waals surface area contributed by atoms with Gasteiger partial charge in [-0.05, 0) is 24.8 Å². The van der Waals surface area contributed by atoms with Gasteiger partial charge in [0.2, 0.25) is 0 Å². The van der Waals surface area contributed by atoms with E-state index < -0.39 is 0 Å². The smallest absolute Gasteiger partial charge is 0.117 e. The van der Waals surface area contributed by atoms with E-state index >= 15 is 0 Å². The molecule has 4 heteroatoms. The second-order valence-electron chi connectivity index (χ2n) is 4.43. The molecule has 0 bridgehead atoms. The molecule has 0 fully saturated rings. The van der Waals surface area contributed by atoms with Crippen LogP contribution in [0.3, 0.4) is 0 Å². The average molecular weight is 359 g/mol. The van der Waals surface area contributed by atoms with Crippen molar-refractivity contribution >= 4 is 5.70 Å². The van der Waals surface area contributed by atoms with Crippen molar-refractivity contribution in [1.29, 1.82) is 0 Å². The van der Waals surface area contributed by atoms with Gasteiger partial charge in [-0.15, -0.1) is 18.2 Å². The maximum atomic E-state index is 5.56. The van der Waals surface area contributed by atoms with Crippen LogP contribution >= 0.6 is 0 Å². The summed E-state index contributed by atoms with van der Waals surface area (Å²) in [5.74, 6) is 0.847. The maximum absolute atomic E-state index is 5.56. The Balaban J connectivity index is 0.00000220. The number of likely N-dealkylation sites (N-methyl/N-ethyl adjacent to an activating group) is 1. The molecule has 1 aliphatic heterocycles. The molecule has 0 N–H and O–H groups in total. The Bertz CT molecular complexity index is 520. The molecule has 0 saturated carbocycles. The summed E-state index contributed by atoms with van der Waals surface area (Å²) in [6.07, 6.45) is 7.16. The SMILES string of the molecule is C=C1C=C[C-]=C(c2ccc(OCCOC)cc2)N1CC.[Y]. The first kappa shape index (κ1) is 18.2. The van der Waals surface area contributed by atoms with Crippen molar-refractivity contribution in [3.8, 4) is 5.75 Å². The Morgan fingerprint density at radius 2 is 1.90 bits per heavy atom. The molecule has 0 amide bonds. The molecule has 1 heterocycles.